The van der Waals surface area contributed by atoms with Crippen LogP contribution in [0.4, 0.5) is 5.69 Å². The van der Waals surface area contributed by atoms with Crippen molar-refractivity contribution >= 4 is 23.2 Å². The maximum absolute atomic E-state index is 12.1. The molecule has 1 aliphatic rings. The predicted molar refractivity (Wildman–Crippen MR) is 72.4 cm³/mol. The Kier molecular flexibility index (Phi) is 4.16. The van der Waals surface area contributed by atoms with Gasteiger partial charge in [0.1, 0.15) is 0 Å². The summed E-state index contributed by atoms with van der Waals surface area (Å²) < 4.78 is 0. The van der Waals surface area contributed by atoms with Crippen molar-refractivity contribution in [1.29, 1.82) is 0 Å². The Hall–Kier alpha value is -1.88. The summed E-state index contributed by atoms with van der Waals surface area (Å²) in [5.41, 5.74) is 0.00325. The van der Waals surface area contributed by atoms with Gasteiger partial charge >= 0.3 is 0 Å². The van der Waals surface area contributed by atoms with Crippen LogP contribution >= 0.6 is 11.6 Å². The number of nitrogens with one attached hydrogen (secondary N) is 1. The van der Waals surface area contributed by atoms with Crippen LogP contribution in [-0.2, 0) is 0 Å². The summed E-state index contributed by atoms with van der Waals surface area (Å²) in [6, 6.07) is 3.92. The fourth-order valence-corrected chi connectivity index (χ4v) is 2.19. The summed E-state index contributed by atoms with van der Waals surface area (Å²) in [5.74, 6) is -0.367. The van der Waals surface area contributed by atoms with Crippen LogP contribution in [0, 0.1) is 10.1 Å². The minimum atomic E-state index is -0.545. The van der Waals surface area contributed by atoms with Crippen molar-refractivity contribution in [3.63, 3.8) is 0 Å². The minimum absolute atomic E-state index is 0.0628. The largest absolute Gasteiger partial charge is 0.349 e. The normalized spacial score (nSPS) is 18.1. The first kappa shape index (κ1) is 13.5. The lowest BCUT2D eigenvalue weighted by atomic mass is 10.0. The lowest BCUT2D eigenvalue weighted by Gasteiger charge is -2.19. The summed E-state index contributed by atoms with van der Waals surface area (Å²) >= 11 is 5.92. The van der Waals surface area contributed by atoms with Crippen molar-refractivity contribution in [2.45, 2.75) is 25.3 Å². The molecule has 0 saturated carbocycles. The van der Waals surface area contributed by atoms with E-state index in [1.165, 1.54) is 18.2 Å². The van der Waals surface area contributed by atoms with Gasteiger partial charge in [-0.05, 0) is 25.3 Å². The number of hydrogen-bond acceptors (Lipinski definition) is 3. The fourth-order valence-electron chi connectivity index (χ4n) is 1.99. The van der Waals surface area contributed by atoms with Crippen molar-refractivity contribution in [3.05, 3.63) is 51.1 Å². The molecular formula is C13H13ClN2O3. The molecule has 6 heteroatoms. The molecule has 100 valence electrons. The molecule has 2 rings (SSSR count). The first-order valence-corrected chi connectivity index (χ1v) is 6.35. The zero-order valence-corrected chi connectivity index (χ0v) is 10.9. The van der Waals surface area contributed by atoms with Crippen molar-refractivity contribution in [2.75, 3.05) is 0 Å². The first-order valence-electron chi connectivity index (χ1n) is 5.97. The number of nitro benzene ring substituents is 1. The van der Waals surface area contributed by atoms with Gasteiger partial charge in [0.05, 0.1) is 15.5 Å². The summed E-state index contributed by atoms with van der Waals surface area (Å²) in [7, 11) is 0. The average molecular weight is 281 g/mol. The maximum Gasteiger partial charge on any atom is 0.270 e. The molecule has 0 spiro atoms. The SMILES string of the molecule is O=C(NC1CC=CCC1)c1cc([N+](=O)[O-])ccc1Cl. The third-order valence-electron chi connectivity index (χ3n) is 3.01. The Bertz CT molecular complexity index is 543. The molecule has 1 aliphatic carbocycles. The van der Waals surface area contributed by atoms with Crippen molar-refractivity contribution in [2.24, 2.45) is 0 Å². The van der Waals surface area contributed by atoms with Gasteiger partial charge in [0.25, 0.3) is 11.6 Å². The first-order chi connectivity index (χ1) is 9.08. The molecule has 0 fully saturated rings. The number of non-ortho nitro benzene ring substituents is 1. The number of benzene rings is 1. The smallest absolute Gasteiger partial charge is 0.270 e. The highest BCUT2D eigenvalue weighted by atomic mass is 35.5. The number of allylic oxidation sites excluding steroid dienone is 1. The Balaban J connectivity index is 2.15. The Labute approximate surface area is 115 Å². The highest BCUT2D eigenvalue weighted by Crippen LogP contribution is 2.22. The highest BCUT2D eigenvalue weighted by Gasteiger charge is 2.19. The number of nitrogens with zero attached hydrogens (tertiary/aromatic N) is 1. The zero-order valence-electron chi connectivity index (χ0n) is 10.1. The van der Waals surface area contributed by atoms with E-state index in [9.17, 15) is 14.9 Å². The van der Waals surface area contributed by atoms with Crippen LogP contribution in [0.1, 0.15) is 29.6 Å². The van der Waals surface area contributed by atoms with E-state index in [0.29, 0.717) is 0 Å². The molecular weight excluding hydrogens is 268 g/mol. The molecule has 0 heterocycles. The van der Waals surface area contributed by atoms with E-state index in [-0.39, 0.29) is 28.2 Å². The van der Waals surface area contributed by atoms with Gasteiger partial charge in [-0.2, -0.15) is 0 Å². The molecule has 1 atom stereocenters. The van der Waals surface area contributed by atoms with Gasteiger partial charge in [-0.25, -0.2) is 0 Å². The van der Waals surface area contributed by atoms with Crippen LogP contribution in [-0.4, -0.2) is 16.9 Å². The van der Waals surface area contributed by atoms with Crippen molar-refractivity contribution in [3.8, 4) is 0 Å². The second-order valence-electron chi connectivity index (χ2n) is 4.38. The molecule has 1 aromatic rings. The number of amides is 1. The van der Waals surface area contributed by atoms with E-state index in [2.05, 4.69) is 11.4 Å². The highest BCUT2D eigenvalue weighted by molar-refractivity contribution is 6.33. The molecule has 1 aromatic carbocycles. The molecule has 0 bridgehead atoms. The number of nitro groups is 1. The van der Waals surface area contributed by atoms with Crippen LogP contribution in [0.15, 0.2) is 30.4 Å². The van der Waals surface area contributed by atoms with E-state index in [1.54, 1.807) is 0 Å². The molecule has 1 unspecified atom stereocenters. The molecule has 19 heavy (non-hydrogen) atoms. The Morgan fingerprint density at radius 3 is 2.84 bits per heavy atom. The molecule has 1 amide bonds. The van der Waals surface area contributed by atoms with Gasteiger partial charge in [0.15, 0.2) is 0 Å². The standard InChI is InChI=1S/C13H13ClN2O3/c14-12-7-6-10(16(18)19)8-11(12)13(17)15-9-4-2-1-3-5-9/h1-2,6-9H,3-5H2,(H,15,17). The molecule has 1 N–H and O–H groups in total. The fraction of sp³-hybridized carbons (Fsp3) is 0.308. The van der Waals surface area contributed by atoms with E-state index >= 15 is 0 Å². The summed E-state index contributed by atoms with van der Waals surface area (Å²) in [6.07, 6.45) is 6.66. The van der Waals surface area contributed by atoms with E-state index in [0.717, 1.165) is 19.3 Å². The van der Waals surface area contributed by atoms with Gasteiger partial charge in [-0.3, -0.25) is 14.9 Å². The van der Waals surface area contributed by atoms with Crippen molar-refractivity contribution < 1.29 is 9.72 Å². The summed E-state index contributed by atoms with van der Waals surface area (Å²) in [6.45, 7) is 0. The lowest BCUT2D eigenvalue weighted by molar-refractivity contribution is -0.384. The third-order valence-corrected chi connectivity index (χ3v) is 3.34. The average Bonchev–Trinajstić information content (AvgIpc) is 2.40. The minimum Gasteiger partial charge on any atom is -0.349 e. The van der Waals surface area contributed by atoms with Crippen LogP contribution in [0.3, 0.4) is 0 Å². The number of carbonyl (C=O) groups excluding carboxylic acids is 1. The van der Waals surface area contributed by atoms with Crippen LogP contribution in [0.2, 0.25) is 5.02 Å². The molecule has 0 saturated heterocycles. The number of halogens is 1. The summed E-state index contributed by atoms with van der Waals surface area (Å²) in [4.78, 5) is 22.2. The maximum atomic E-state index is 12.1. The second kappa shape index (κ2) is 5.84. The van der Waals surface area contributed by atoms with Gasteiger partial charge in [-0.1, -0.05) is 23.8 Å². The molecule has 0 radical (unpaired) electrons. The van der Waals surface area contributed by atoms with Gasteiger partial charge in [0, 0.05) is 18.2 Å². The van der Waals surface area contributed by atoms with Gasteiger partial charge in [-0.15, -0.1) is 0 Å². The quantitative estimate of drug-likeness (QED) is 0.525. The molecule has 0 aromatic heterocycles. The zero-order chi connectivity index (χ0) is 13.8. The number of hydrogen-bond donors (Lipinski definition) is 1. The summed E-state index contributed by atoms with van der Waals surface area (Å²) in [5, 5.41) is 13.8. The monoisotopic (exact) mass is 280 g/mol. The Morgan fingerprint density at radius 2 is 2.21 bits per heavy atom. The molecule has 0 aliphatic heterocycles. The lowest BCUT2D eigenvalue weighted by Crippen LogP contribution is -2.35. The van der Waals surface area contributed by atoms with E-state index < -0.39 is 4.92 Å². The topological polar surface area (TPSA) is 72.2 Å². The van der Waals surface area contributed by atoms with Crippen molar-refractivity contribution in [1.82, 2.24) is 5.32 Å². The second-order valence-corrected chi connectivity index (χ2v) is 4.78. The predicted octanol–water partition coefficient (Wildman–Crippen LogP) is 3.09. The molecule has 5 nitrogen and oxygen atoms in total. The third kappa shape index (κ3) is 3.32. The van der Waals surface area contributed by atoms with Crippen LogP contribution < -0.4 is 5.32 Å². The van der Waals surface area contributed by atoms with Gasteiger partial charge in [0.2, 0.25) is 0 Å². The number of carbonyl (C=O) groups is 1. The van der Waals surface area contributed by atoms with E-state index in [1.807, 2.05) is 6.08 Å². The van der Waals surface area contributed by atoms with E-state index in [4.69, 9.17) is 11.6 Å². The van der Waals surface area contributed by atoms with Crippen LogP contribution in [0.25, 0.3) is 0 Å². The Morgan fingerprint density at radius 1 is 1.42 bits per heavy atom. The number of rotatable bonds is 3. The van der Waals surface area contributed by atoms with Gasteiger partial charge < -0.3 is 5.32 Å². The van der Waals surface area contributed by atoms with Crippen LogP contribution in [0.5, 0.6) is 0 Å².